The van der Waals surface area contributed by atoms with Crippen LogP contribution in [0.15, 0.2) is 36.8 Å². The van der Waals surface area contributed by atoms with Gasteiger partial charge in [-0.05, 0) is 66.5 Å². The average molecular weight is 521 g/mol. The van der Waals surface area contributed by atoms with Crippen molar-refractivity contribution in [3.8, 4) is 11.3 Å². The molecule has 2 saturated heterocycles. The molecule has 0 unspecified atom stereocenters. The van der Waals surface area contributed by atoms with E-state index in [-0.39, 0.29) is 32.0 Å². The fourth-order valence-electron chi connectivity index (χ4n) is 6.24. The van der Waals surface area contributed by atoms with Gasteiger partial charge in [-0.2, -0.15) is 5.10 Å². The number of aromatic amines is 1. The van der Waals surface area contributed by atoms with Gasteiger partial charge in [0.05, 0.1) is 18.8 Å². The molecular weight excluding hydrogens is 486 g/mol. The van der Waals surface area contributed by atoms with Crippen LogP contribution in [0, 0.1) is 6.92 Å². The zero-order valence-electron chi connectivity index (χ0n) is 22.2. The lowest BCUT2D eigenvalue weighted by atomic mass is 9.87. The van der Waals surface area contributed by atoms with Crippen molar-refractivity contribution in [3.63, 3.8) is 0 Å². The SMILES string of the molecule is Cc1cc(-c2[nH]c3ccc(C4CCN(C(=O)CN5CCC(F)(F)C5)CC4)cc3c2C(C)C)cn2ncnc12. The number of halogens is 2. The van der Waals surface area contributed by atoms with Crippen LogP contribution < -0.4 is 0 Å². The van der Waals surface area contributed by atoms with Crippen molar-refractivity contribution in [1.82, 2.24) is 29.4 Å². The molecule has 2 fully saturated rings. The number of aryl methyl sites for hydroxylation is 1. The number of pyridine rings is 1. The summed E-state index contributed by atoms with van der Waals surface area (Å²) in [6.45, 7) is 7.91. The van der Waals surface area contributed by atoms with Gasteiger partial charge in [-0.3, -0.25) is 9.69 Å². The number of aromatic nitrogens is 4. The molecule has 0 radical (unpaired) electrons. The van der Waals surface area contributed by atoms with Crippen molar-refractivity contribution in [1.29, 1.82) is 0 Å². The Bertz CT molecular complexity index is 1500. The molecule has 4 aromatic rings. The number of carbonyl (C=O) groups excluding carboxylic acids is 1. The number of carbonyl (C=O) groups is 1. The average Bonchev–Trinajstić information content (AvgIpc) is 3.60. The Balaban J connectivity index is 1.21. The maximum atomic E-state index is 13.5. The molecule has 1 aromatic carbocycles. The van der Waals surface area contributed by atoms with Gasteiger partial charge >= 0.3 is 0 Å². The van der Waals surface area contributed by atoms with Crippen LogP contribution in [0.4, 0.5) is 8.78 Å². The number of hydrogen-bond donors (Lipinski definition) is 1. The van der Waals surface area contributed by atoms with E-state index in [1.807, 2.05) is 15.6 Å². The Kier molecular flexibility index (Phi) is 6.21. The van der Waals surface area contributed by atoms with Gasteiger partial charge < -0.3 is 9.88 Å². The Morgan fingerprint density at radius 1 is 1.18 bits per heavy atom. The van der Waals surface area contributed by atoms with E-state index in [4.69, 9.17) is 0 Å². The number of alkyl halides is 2. The standard InChI is InChI=1S/C29H34F2N6O/c1-18(2)26-23-13-21(20-6-9-36(10-7-20)25(38)15-35-11-8-29(30,31)16-35)4-5-24(23)34-27(26)22-12-19(3)28-32-17-33-37(28)14-22/h4-5,12-14,17-18,20,34H,6-11,15-16H2,1-3H3. The van der Waals surface area contributed by atoms with Gasteiger partial charge in [0.15, 0.2) is 5.65 Å². The zero-order chi connectivity index (χ0) is 26.6. The van der Waals surface area contributed by atoms with Gasteiger partial charge in [0.1, 0.15) is 6.33 Å². The van der Waals surface area contributed by atoms with E-state index in [0.29, 0.717) is 24.9 Å². The summed E-state index contributed by atoms with van der Waals surface area (Å²) < 4.78 is 28.8. The Morgan fingerprint density at radius 3 is 2.68 bits per heavy atom. The molecule has 0 spiro atoms. The second kappa shape index (κ2) is 9.45. The van der Waals surface area contributed by atoms with E-state index in [0.717, 1.165) is 40.8 Å². The van der Waals surface area contributed by atoms with Crippen LogP contribution in [0.25, 0.3) is 27.8 Å². The van der Waals surface area contributed by atoms with Gasteiger partial charge in [-0.15, -0.1) is 0 Å². The molecule has 0 atom stereocenters. The molecule has 3 aromatic heterocycles. The highest BCUT2D eigenvalue weighted by atomic mass is 19.3. The third kappa shape index (κ3) is 4.57. The fraction of sp³-hybridized carbons (Fsp3) is 0.483. The zero-order valence-corrected chi connectivity index (χ0v) is 22.2. The number of amides is 1. The van der Waals surface area contributed by atoms with Crippen molar-refractivity contribution in [2.75, 3.05) is 32.7 Å². The van der Waals surface area contributed by atoms with Crippen LogP contribution in [0.5, 0.6) is 0 Å². The van der Waals surface area contributed by atoms with Crippen LogP contribution in [0.3, 0.4) is 0 Å². The molecule has 0 saturated carbocycles. The molecule has 0 aliphatic carbocycles. The van der Waals surface area contributed by atoms with Gasteiger partial charge in [-0.1, -0.05) is 19.9 Å². The summed E-state index contributed by atoms with van der Waals surface area (Å²) in [5, 5.41) is 5.58. The van der Waals surface area contributed by atoms with Crippen LogP contribution in [-0.2, 0) is 4.79 Å². The summed E-state index contributed by atoms with van der Waals surface area (Å²) in [7, 11) is 0. The molecule has 1 amide bonds. The Hall–Kier alpha value is -3.33. The summed E-state index contributed by atoms with van der Waals surface area (Å²) in [5.41, 5.74) is 7.83. The first-order valence-corrected chi connectivity index (χ1v) is 13.5. The number of hydrogen-bond acceptors (Lipinski definition) is 4. The highest BCUT2D eigenvalue weighted by Gasteiger charge is 2.39. The maximum absolute atomic E-state index is 13.5. The monoisotopic (exact) mass is 520 g/mol. The molecule has 7 nitrogen and oxygen atoms in total. The van der Waals surface area contributed by atoms with E-state index in [1.54, 1.807) is 11.2 Å². The number of piperidine rings is 1. The predicted octanol–water partition coefficient (Wildman–Crippen LogP) is 5.36. The highest BCUT2D eigenvalue weighted by molar-refractivity contribution is 5.92. The molecule has 38 heavy (non-hydrogen) atoms. The minimum atomic E-state index is -2.67. The third-order valence-corrected chi connectivity index (χ3v) is 8.21. The van der Waals surface area contributed by atoms with Crippen molar-refractivity contribution in [2.24, 2.45) is 0 Å². The second-order valence-electron chi connectivity index (χ2n) is 11.3. The van der Waals surface area contributed by atoms with E-state index in [1.165, 1.54) is 16.5 Å². The summed E-state index contributed by atoms with van der Waals surface area (Å²) in [4.78, 5) is 24.2. The molecule has 1 N–H and O–H groups in total. The maximum Gasteiger partial charge on any atom is 0.261 e. The summed E-state index contributed by atoms with van der Waals surface area (Å²) in [5.74, 6) is -2.01. The third-order valence-electron chi connectivity index (χ3n) is 8.21. The lowest BCUT2D eigenvalue weighted by molar-refractivity contribution is -0.133. The quantitative estimate of drug-likeness (QED) is 0.385. The molecular formula is C29H34F2N6O. The molecule has 2 aliphatic rings. The summed E-state index contributed by atoms with van der Waals surface area (Å²) in [6, 6.07) is 8.86. The predicted molar refractivity (Wildman–Crippen MR) is 144 cm³/mol. The van der Waals surface area contributed by atoms with Gasteiger partial charge in [-0.25, -0.2) is 18.3 Å². The lowest BCUT2D eigenvalue weighted by Crippen LogP contribution is -2.43. The first kappa shape index (κ1) is 25.0. The number of fused-ring (bicyclic) bond motifs is 2. The Morgan fingerprint density at radius 2 is 1.97 bits per heavy atom. The van der Waals surface area contributed by atoms with Crippen molar-refractivity contribution < 1.29 is 13.6 Å². The number of nitrogens with zero attached hydrogens (tertiary/aromatic N) is 5. The normalized spacial score (nSPS) is 18.8. The van der Waals surface area contributed by atoms with Crippen LogP contribution in [0.2, 0.25) is 0 Å². The van der Waals surface area contributed by atoms with Gasteiger partial charge in [0, 0.05) is 48.7 Å². The molecule has 2 aliphatic heterocycles. The van der Waals surface area contributed by atoms with E-state index < -0.39 is 5.92 Å². The minimum Gasteiger partial charge on any atom is -0.354 e. The topological polar surface area (TPSA) is 69.5 Å². The van der Waals surface area contributed by atoms with Crippen LogP contribution in [0.1, 0.15) is 61.6 Å². The molecule has 9 heteroatoms. The number of nitrogens with one attached hydrogen (secondary N) is 1. The number of benzene rings is 1. The molecule has 0 bridgehead atoms. The van der Waals surface area contributed by atoms with Crippen LogP contribution >= 0.6 is 0 Å². The lowest BCUT2D eigenvalue weighted by Gasteiger charge is -2.33. The van der Waals surface area contributed by atoms with Crippen molar-refractivity contribution >= 4 is 22.5 Å². The first-order chi connectivity index (χ1) is 18.2. The molecule has 6 rings (SSSR count). The molecule has 5 heterocycles. The largest absolute Gasteiger partial charge is 0.354 e. The van der Waals surface area contributed by atoms with Gasteiger partial charge in [0.25, 0.3) is 5.92 Å². The van der Waals surface area contributed by atoms with E-state index >= 15 is 0 Å². The minimum absolute atomic E-state index is 0.0337. The Labute approximate surface area is 220 Å². The highest BCUT2D eigenvalue weighted by Crippen LogP contribution is 2.38. The smallest absolute Gasteiger partial charge is 0.261 e. The number of rotatable bonds is 5. The number of H-pyrrole nitrogens is 1. The van der Waals surface area contributed by atoms with Crippen molar-refractivity contribution in [2.45, 2.75) is 57.8 Å². The van der Waals surface area contributed by atoms with Gasteiger partial charge in [0.2, 0.25) is 5.91 Å². The fourth-order valence-corrected chi connectivity index (χ4v) is 6.24. The van der Waals surface area contributed by atoms with E-state index in [9.17, 15) is 13.6 Å². The second-order valence-corrected chi connectivity index (χ2v) is 11.3. The van der Waals surface area contributed by atoms with Crippen LogP contribution in [-0.4, -0.2) is 73.9 Å². The molecule has 200 valence electrons. The summed E-state index contributed by atoms with van der Waals surface area (Å²) in [6.07, 6.45) is 5.21. The number of likely N-dealkylation sites (tertiary alicyclic amines) is 2. The van der Waals surface area contributed by atoms with Crippen molar-refractivity contribution in [3.05, 3.63) is 53.5 Å². The summed E-state index contributed by atoms with van der Waals surface area (Å²) >= 11 is 0. The first-order valence-electron chi connectivity index (χ1n) is 13.5. The van der Waals surface area contributed by atoms with E-state index in [2.05, 4.69) is 60.1 Å².